The Morgan fingerprint density at radius 1 is 1.29 bits per heavy atom. The minimum atomic E-state index is -0.964. The summed E-state index contributed by atoms with van der Waals surface area (Å²) in [6.07, 6.45) is 0.972. The van der Waals surface area contributed by atoms with E-state index in [0.717, 1.165) is 16.3 Å². The minimum Gasteiger partial charge on any atom is -0.478 e. The van der Waals surface area contributed by atoms with E-state index in [9.17, 15) is 9.59 Å². The molecule has 0 heterocycles. The number of hydrogen-bond donors (Lipinski definition) is 2. The summed E-state index contributed by atoms with van der Waals surface area (Å²) in [5.41, 5.74) is 1.12. The van der Waals surface area contributed by atoms with Gasteiger partial charge in [-0.2, -0.15) is 0 Å². The van der Waals surface area contributed by atoms with E-state index < -0.39 is 12.1 Å². The molecule has 2 N–H and O–H groups in total. The molecule has 108 valence electrons. The summed E-state index contributed by atoms with van der Waals surface area (Å²) >= 11 is 0. The van der Waals surface area contributed by atoms with E-state index in [1.165, 1.54) is 6.08 Å². The Labute approximate surface area is 121 Å². The van der Waals surface area contributed by atoms with Gasteiger partial charge < -0.3 is 15.2 Å². The van der Waals surface area contributed by atoms with Crippen molar-refractivity contribution in [3.8, 4) is 0 Å². The van der Waals surface area contributed by atoms with Crippen LogP contribution in [-0.2, 0) is 11.3 Å². The van der Waals surface area contributed by atoms with Crippen LogP contribution in [0.25, 0.3) is 10.8 Å². The van der Waals surface area contributed by atoms with E-state index in [-0.39, 0.29) is 12.2 Å². The molecule has 0 aromatic heterocycles. The summed E-state index contributed by atoms with van der Waals surface area (Å²) < 4.78 is 4.83. The van der Waals surface area contributed by atoms with Gasteiger partial charge in [0, 0.05) is 6.54 Å². The minimum absolute atomic E-state index is 0.156. The molecule has 0 aliphatic rings. The quantitative estimate of drug-likeness (QED) is 0.828. The van der Waals surface area contributed by atoms with Crippen molar-refractivity contribution in [3.63, 3.8) is 0 Å². The van der Waals surface area contributed by atoms with Crippen molar-refractivity contribution in [2.75, 3.05) is 6.61 Å². The highest BCUT2D eigenvalue weighted by Gasteiger charge is 2.07. The van der Waals surface area contributed by atoms with Crippen LogP contribution >= 0.6 is 0 Å². The van der Waals surface area contributed by atoms with Crippen LogP contribution in [0.3, 0.4) is 0 Å². The van der Waals surface area contributed by atoms with Crippen molar-refractivity contribution in [2.24, 2.45) is 0 Å². The van der Waals surface area contributed by atoms with E-state index in [1.807, 2.05) is 18.2 Å². The van der Waals surface area contributed by atoms with Gasteiger partial charge in [-0.15, -0.1) is 0 Å². The number of aromatic carboxylic acids is 1. The first-order chi connectivity index (χ1) is 10.1. The maximum atomic E-state index is 11.4. The summed E-state index contributed by atoms with van der Waals surface area (Å²) in [5.74, 6) is -0.964. The number of benzene rings is 2. The smallest absolute Gasteiger partial charge is 0.407 e. The molecule has 5 heteroatoms. The van der Waals surface area contributed by atoms with Crippen molar-refractivity contribution < 1.29 is 19.4 Å². The fraction of sp³-hybridized carbons (Fsp3) is 0.125. The normalized spacial score (nSPS) is 10.1. The molecule has 2 aromatic rings. The maximum Gasteiger partial charge on any atom is 0.407 e. The van der Waals surface area contributed by atoms with Crippen LogP contribution < -0.4 is 5.32 Å². The topological polar surface area (TPSA) is 75.6 Å². The Kier molecular flexibility index (Phi) is 4.56. The third-order valence-corrected chi connectivity index (χ3v) is 2.97. The van der Waals surface area contributed by atoms with Gasteiger partial charge in [0.25, 0.3) is 0 Å². The summed E-state index contributed by atoms with van der Waals surface area (Å²) in [6, 6.07) is 10.4. The van der Waals surface area contributed by atoms with E-state index in [4.69, 9.17) is 9.84 Å². The van der Waals surface area contributed by atoms with Gasteiger partial charge in [-0.25, -0.2) is 9.59 Å². The number of nitrogens with one attached hydrogen (secondary N) is 1. The Morgan fingerprint density at radius 2 is 2.10 bits per heavy atom. The van der Waals surface area contributed by atoms with Gasteiger partial charge in [-0.1, -0.05) is 36.9 Å². The van der Waals surface area contributed by atoms with Crippen LogP contribution in [0.15, 0.2) is 49.1 Å². The number of carboxylic acids is 1. The number of alkyl carbamates (subject to hydrolysis) is 1. The summed E-state index contributed by atoms with van der Waals surface area (Å²) in [7, 11) is 0. The molecule has 1 amide bonds. The molecular weight excluding hydrogens is 270 g/mol. The number of carbonyl (C=O) groups is 2. The summed E-state index contributed by atoms with van der Waals surface area (Å²) in [4.78, 5) is 22.4. The van der Waals surface area contributed by atoms with Crippen LogP contribution in [0.4, 0.5) is 4.79 Å². The third-order valence-electron chi connectivity index (χ3n) is 2.97. The van der Waals surface area contributed by atoms with Gasteiger partial charge >= 0.3 is 12.1 Å². The first-order valence-corrected chi connectivity index (χ1v) is 6.38. The van der Waals surface area contributed by atoms with Crippen molar-refractivity contribution in [2.45, 2.75) is 6.54 Å². The van der Waals surface area contributed by atoms with Crippen molar-refractivity contribution in [1.82, 2.24) is 5.32 Å². The molecule has 0 aliphatic carbocycles. The lowest BCUT2D eigenvalue weighted by atomic mass is 10.0. The molecule has 0 fully saturated rings. The van der Waals surface area contributed by atoms with Gasteiger partial charge in [0.15, 0.2) is 0 Å². The number of carbonyl (C=O) groups excluding carboxylic acids is 1. The predicted molar refractivity (Wildman–Crippen MR) is 79.3 cm³/mol. The first kappa shape index (κ1) is 14.6. The number of carboxylic acid groups (broad SMARTS) is 1. The molecule has 0 atom stereocenters. The standard InChI is InChI=1S/C16H15NO4/c1-2-8-21-16(20)17-10-13-5-3-4-11-9-12(15(18)19)6-7-14(11)13/h2-7,9H,1,8,10H2,(H,17,20)(H,18,19). The molecule has 0 radical (unpaired) electrons. The van der Waals surface area contributed by atoms with E-state index in [1.54, 1.807) is 18.2 Å². The van der Waals surface area contributed by atoms with Crippen LogP contribution in [0.1, 0.15) is 15.9 Å². The fourth-order valence-electron chi connectivity index (χ4n) is 1.99. The average molecular weight is 285 g/mol. The second kappa shape index (κ2) is 6.56. The lowest BCUT2D eigenvalue weighted by Gasteiger charge is -2.09. The second-order valence-electron chi connectivity index (χ2n) is 4.40. The van der Waals surface area contributed by atoms with E-state index >= 15 is 0 Å². The molecule has 0 bridgehead atoms. The molecule has 2 aromatic carbocycles. The van der Waals surface area contributed by atoms with Crippen molar-refractivity contribution in [1.29, 1.82) is 0 Å². The Balaban J connectivity index is 2.18. The molecule has 5 nitrogen and oxygen atoms in total. The fourth-order valence-corrected chi connectivity index (χ4v) is 1.99. The van der Waals surface area contributed by atoms with Crippen LogP contribution in [0.2, 0.25) is 0 Å². The molecule has 0 unspecified atom stereocenters. The SMILES string of the molecule is C=CCOC(=O)NCc1cccc2cc(C(=O)O)ccc12. The second-order valence-corrected chi connectivity index (χ2v) is 4.40. The van der Waals surface area contributed by atoms with E-state index in [2.05, 4.69) is 11.9 Å². The predicted octanol–water partition coefficient (Wildman–Crippen LogP) is 2.95. The zero-order valence-corrected chi connectivity index (χ0v) is 11.3. The monoisotopic (exact) mass is 285 g/mol. The molecule has 2 rings (SSSR count). The van der Waals surface area contributed by atoms with Crippen molar-refractivity contribution >= 4 is 22.8 Å². The lowest BCUT2D eigenvalue weighted by Crippen LogP contribution is -2.23. The van der Waals surface area contributed by atoms with Crippen molar-refractivity contribution in [3.05, 3.63) is 60.2 Å². The number of rotatable bonds is 5. The zero-order valence-electron chi connectivity index (χ0n) is 11.3. The number of ether oxygens (including phenoxy) is 1. The van der Waals surface area contributed by atoms with Gasteiger partial charge in [-0.3, -0.25) is 0 Å². The van der Waals surface area contributed by atoms with Crippen LogP contribution in [0, 0.1) is 0 Å². The third kappa shape index (κ3) is 3.60. The number of hydrogen-bond acceptors (Lipinski definition) is 3. The van der Waals surface area contributed by atoms with Gasteiger partial charge in [-0.05, 0) is 28.5 Å². The average Bonchev–Trinajstić information content (AvgIpc) is 2.50. The summed E-state index contributed by atoms with van der Waals surface area (Å²) in [6.45, 7) is 3.92. The van der Waals surface area contributed by atoms with Gasteiger partial charge in [0.2, 0.25) is 0 Å². The summed E-state index contributed by atoms with van der Waals surface area (Å²) in [5, 5.41) is 13.3. The number of amides is 1. The highest BCUT2D eigenvalue weighted by Crippen LogP contribution is 2.20. The Hall–Kier alpha value is -2.82. The van der Waals surface area contributed by atoms with Crippen LogP contribution in [0.5, 0.6) is 0 Å². The van der Waals surface area contributed by atoms with Crippen LogP contribution in [-0.4, -0.2) is 23.8 Å². The highest BCUT2D eigenvalue weighted by atomic mass is 16.5. The molecule has 0 spiro atoms. The van der Waals surface area contributed by atoms with E-state index in [0.29, 0.717) is 6.54 Å². The first-order valence-electron chi connectivity index (χ1n) is 6.38. The molecule has 0 saturated carbocycles. The largest absolute Gasteiger partial charge is 0.478 e. The number of fused-ring (bicyclic) bond motifs is 1. The maximum absolute atomic E-state index is 11.4. The highest BCUT2D eigenvalue weighted by molar-refractivity contribution is 5.95. The molecule has 21 heavy (non-hydrogen) atoms. The lowest BCUT2D eigenvalue weighted by molar-refractivity contribution is 0.0697. The molecule has 0 saturated heterocycles. The zero-order chi connectivity index (χ0) is 15.2. The molecular formula is C16H15NO4. The Morgan fingerprint density at radius 3 is 2.81 bits per heavy atom. The van der Waals surface area contributed by atoms with Gasteiger partial charge in [0.1, 0.15) is 6.61 Å². The Bertz CT molecular complexity index is 694. The molecule has 0 aliphatic heterocycles. The van der Waals surface area contributed by atoms with Gasteiger partial charge in [0.05, 0.1) is 5.56 Å².